The fraction of sp³-hybridized carbons (Fsp3) is 0.333. The minimum atomic E-state index is -0.314. The Hall–Kier alpha value is -2.52. The average Bonchev–Trinajstić information content (AvgIpc) is 3.35. The van der Waals surface area contributed by atoms with Gasteiger partial charge in [-0.15, -0.1) is 10.2 Å². The van der Waals surface area contributed by atoms with Gasteiger partial charge in [-0.25, -0.2) is 4.39 Å². The molecule has 1 aromatic carbocycles. The molecule has 1 atom stereocenters. The molecule has 3 heterocycles. The van der Waals surface area contributed by atoms with Gasteiger partial charge in [0.1, 0.15) is 10.8 Å². The maximum absolute atomic E-state index is 13.1. The highest BCUT2D eigenvalue weighted by Gasteiger charge is 2.16. The Bertz CT molecular complexity index is 941. The molecule has 4 rings (SSSR count). The molecule has 1 saturated heterocycles. The molecule has 1 aliphatic rings. The van der Waals surface area contributed by atoms with Crippen molar-refractivity contribution in [1.29, 1.82) is 0 Å². The molecule has 0 aliphatic carbocycles. The fourth-order valence-corrected chi connectivity index (χ4v) is 3.54. The van der Waals surface area contributed by atoms with Crippen molar-refractivity contribution in [2.24, 2.45) is 0 Å². The van der Waals surface area contributed by atoms with Crippen LogP contribution in [0.5, 0.6) is 0 Å². The molecule has 27 heavy (non-hydrogen) atoms. The summed E-state index contributed by atoms with van der Waals surface area (Å²) in [7, 11) is 0. The van der Waals surface area contributed by atoms with Crippen molar-refractivity contribution in [3.63, 3.8) is 0 Å². The van der Waals surface area contributed by atoms with E-state index < -0.39 is 0 Å². The van der Waals surface area contributed by atoms with Crippen LogP contribution in [0.2, 0.25) is 0 Å². The van der Waals surface area contributed by atoms with E-state index in [0.29, 0.717) is 28.6 Å². The summed E-state index contributed by atoms with van der Waals surface area (Å²) in [4.78, 5) is 12.0. The van der Waals surface area contributed by atoms with Crippen LogP contribution in [0, 0.1) is 5.82 Å². The number of nitrogens with one attached hydrogen (secondary N) is 1. The summed E-state index contributed by atoms with van der Waals surface area (Å²) < 4.78 is 20.2. The first kappa shape index (κ1) is 17.9. The number of thioether (sulfide) groups is 1. The summed E-state index contributed by atoms with van der Waals surface area (Å²) in [5, 5.41) is 16.3. The number of hydrogen-bond donors (Lipinski definition) is 1. The zero-order chi connectivity index (χ0) is 18.6. The van der Waals surface area contributed by atoms with Crippen LogP contribution in [0.1, 0.15) is 12.8 Å². The van der Waals surface area contributed by atoms with Crippen LogP contribution in [0.3, 0.4) is 0 Å². The Kier molecular flexibility index (Phi) is 5.30. The fourth-order valence-electron chi connectivity index (χ4n) is 2.85. The third-order valence-corrected chi connectivity index (χ3v) is 5.16. The van der Waals surface area contributed by atoms with Gasteiger partial charge in [0.2, 0.25) is 5.91 Å². The van der Waals surface area contributed by atoms with Gasteiger partial charge < -0.3 is 10.1 Å². The Morgan fingerprint density at radius 1 is 1.26 bits per heavy atom. The summed E-state index contributed by atoms with van der Waals surface area (Å²) in [6, 6.07) is 9.59. The first-order valence-electron chi connectivity index (χ1n) is 8.68. The molecule has 0 saturated carbocycles. The number of hydrogen-bond acceptors (Lipinski definition) is 6. The van der Waals surface area contributed by atoms with E-state index in [1.54, 1.807) is 28.8 Å². The van der Waals surface area contributed by atoms with Gasteiger partial charge in [-0.2, -0.15) is 9.61 Å². The molecule has 1 N–H and O–H groups in total. The van der Waals surface area contributed by atoms with Crippen LogP contribution in [-0.4, -0.2) is 50.7 Å². The van der Waals surface area contributed by atoms with Gasteiger partial charge in [-0.3, -0.25) is 4.79 Å². The van der Waals surface area contributed by atoms with Crippen LogP contribution in [0.4, 0.5) is 4.39 Å². The zero-order valence-corrected chi connectivity index (χ0v) is 15.3. The highest BCUT2D eigenvalue weighted by molar-refractivity contribution is 7.99. The number of rotatable bonds is 6. The van der Waals surface area contributed by atoms with Crippen LogP contribution in [0.25, 0.3) is 17.0 Å². The maximum atomic E-state index is 13.1. The van der Waals surface area contributed by atoms with Crippen molar-refractivity contribution in [3.8, 4) is 11.4 Å². The van der Waals surface area contributed by atoms with E-state index in [-0.39, 0.29) is 23.6 Å². The van der Waals surface area contributed by atoms with Crippen molar-refractivity contribution in [3.05, 3.63) is 42.2 Å². The van der Waals surface area contributed by atoms with Gasteiger partial charge in [0.05, 0.1) is 11.9 Å². The number of carbonyl (C=O) groups excluding carboxylic acids is 1. The van der Waals surface area contributed by atoms with Crippen LogP contribution in [0.15, 0.2) is 41.4 Å². The quantitative estimate of drug-likeness (QED) is 0.654. The van der Waals surface area contributed by atoms with Gasteiger partial charge in [-0.1, -0.05) is 11.8 Å². The second-order valence-electron chi connectivity index (χ2n) is 6.20. The third-order valence-electron chi connectivity index (χ3n) is 4.24. The van der Waals surface area contributed by atoms with Gasteiger partial charge in [0, 0.05) is 18.7 Å². The largest absolute Gasteiger partial charge is 0.376 e. The van der Waals surface area contributed by atoms with E-state index in [4.69, 9.17) is 4.74 Å². The maximum Gasteiger partial charge on any atom is 0.230 e. The van der Waals surface area contributed by atoms with Crippen molar-refractivity contribution in [2.75, 3.05) is 18.9 Å². The SMILES string of the molecule is O=C(CSc1ccc2nnc(-c3ccc(F)cc3)n2n1)NC[C@H]1CCCO1. The highest BCUT2D eigenvalue weighted by atomic mass is 32.2. The van der Waals surface area contributed by atoms with E-state index in [9.17, 15) is 9.18 Å². The third kappa shape index (κ3) is 4.25. The standard InChI is InChI=1S/C18H18FN5O2S/c19-13-5-3-12(4-6-13)18-22-21-15-7-8-17(23-24(15)18)27-11-16(25)20-10-14-2-1-9-26-14/h3-8,14H,1-2,9-11H2,(H,20,25)/t14-/m1/s1. The first-order valence-corrected chi connectivity index (χ1v) is 9.67. The monoisotopic (exact) mass is 387 g/mol. The van der Waals surface area contributed by atoms with E-state index >= 15 is 0 Å². The van der Waals surface area contributed by atoms with Crippen molar-refractivity contribution in [2.45, 2.75) is 24.0 Å². The van der Waals surface area contributed by atoms with E-state index in [1.165, 1.54) is 23.9 Å². The van der Waals surface area contributed by atoms with Gasteiger partial charge in [-0.05, 0) is 49.2 Å². The average molecular weight is 387 g/mol. The Labute approximate surface area is 159 Å². The lowest BCUT2D eigenvalue weighted by Gasteiger charge is -2.10. The highest BCUT2D eigenvalue weighted by Crippen LogP contribution is 2.21. The molecule has 0 spiro atoms. The molecule has 2 aromatic heterocycles. The second-order valence-corrected chi connectivity index (χ2v) is 7.20. The molecule has 0 radical (unpaired) electrons. The number of ether oxygens (including phenoxy) is 1. The molecule has 7 nitrogen and oxygen atoms in total. The Morgan fingerprint density at radius 3 is 2.89 bits per heavy atom. The summed E-state index contributed by atoms with van der Waals surface area (Å²) in [6.07, 6.45) is 2.17. The van der Waals surface area contributed by atoms with Crippen molar-refractivity contribution in [1.82, 2.24) is 25.1 Å². The molecule has 1 aliphatic heterocycles. The van der Waals surface area contributed by atoms with Crippen LogP contribution < -0.4 is 5.32 Å². The lowest BCUT2D eigenvalue weighted by atomic mass is 10.2. The van der Waals surface area contributed by atoms with Gasteiger partial charge >= 0.3 is 0 Å². The summed E-state index contributed by atoms with van der Waals surface area (Å²) in [5.74, 6) is 0.417. The molecule has 1 fully saturated rings. The zero-order valence-electron chi connectivity index (χ0n) is 14.5. The number of fused-ring (bicyclic) bond motifs is 1. The topological polar surface area (TPSA) is 81.4 Å². The van der Waals surface area contributed by atoms with Gasteiger partial charge in [0.15, 0.2) is 11.5 Å². The van der Waals surface area contributed by atoms with E-state index in [2.05, 4.69) is 20.6 Å². The van der Waals surface area contributed by atoms with Crippen LogP contribution >= 0.6 is 11.8 Å². The number of aromatic nitrogens is 4. The molecular weight excluding hydrogens is 369 g/mol. The summed E-state index contributed by atoms with van der Waals surface area (Å²) in [6.45, 7) is 1.32. The van der Waals surface area contributed by atoms with Gasteiger partial charge in [0.25, 0.3) is 0 Å². The normalized spacial score (nSPS) is 16.7. The Balaban J connectivity index is 1.42. The summed E-state index contributed by atoms with van der Waals surface area (Å²) >= 11 is 1.34. The van der Waals surface area contributed by atoms with Crippen molar-refractivity contribution >= 4 is 23.3 Å². The lowest BCUT2D eigenvalue weighted by Crippen LogP contribution is -2.32. The molecule has 1 amide bonds. The van der Waals surface area contributed by atoms with E-state index in [0.717, 1.165) is 19.4 Å². The number of nitrogens with zero attached hydrogens (tertiary/aromatic N) is 4. The minimum absolute atomic E-state index is 0.0556. The second kappa shape index (κ2) is 8.01. The molecular formula is C18H18FN5O2S. The predicted octanol–water partition coefficient (Wildman–Crippen LogP) is 2.32. The van der Waals surface area contributed by atoms with Crippen molar-refractivity contribution < 1.29 is 13.9 Å². The van der Waals surface area contributed by atoms with Crippen LogP contribution in [-0.2, 0) is 9.53 Å². The molecule has 0 unspecified atom stereocenters. The summed E-state index contributed by atoms with van der Waals surface area (Å²) in [5.41, 5.74) is 1.30. The Morgan fingerprint density at radius 2 is 2.11 bits per heavy atom. The number of benzene rings is 1. The molecule has 9 heteroatoms. The predicted molar refractivity (Wildman–Crippen MR) is 98.9 cm³/mol. The number of halogens is 1. The minimum Gasteiger partial charge on any atom is -0.376 e. The first-order chi connectivity index (χ1) is 13.2. The van der Waals surface area contributed by atoms with E-state index in [1.807, 2.05) is 0 Å². The number of amides is 1. The molecule has 0 bridgehead atoms. The molecule has 3 aromatic rings. The molecule has 140 valence electrons. The smallest absolute Gasteiger partial charge is 0.230 e. The number of carbonyl (C=O) groups is 1. The lowest BCUT2D eigenvalue weighted by molar-refractivity contribution is -0.119.